The van der Waals surface area contributed by atoms with E-state index in [0.717, 1.165) is 18.4 Å². The fraction of sp³-hybridized carbons (Fsp3) is 0.462. The van der Waals surface area contributed by atoms with E-state index in [4.69, 9.17) is 9.84 Å². The molecule has 1 aromatic carbocycles. The minimum Gasteiger partial charge on any atom is -0.394 e. The maximum atomic E-state index is 9.36. The monoisotopic (exact) mass is 217 g/mol. The van der Waals surface area contributed by atoms with Gasteiger partial charge in [-0.3, -0.25) is 0 Å². The Bertz CT molecular complexity index is 411. The molecule has 1 aromatic rings. The molecule has 3 nitrogen and oxygen atoms in total. The van der Waals surface area contributed by atoms with Gasteiger partial charge in [0, 0.05) is 5.56 Å². The molecular weight excluding hydrogens is 202 g/mol. The number of aryl methyl sites for hydroxylation is 1. The molecule has 1 aliphatic rings. The molecule has 84 valence electrons. The van der Waals surface area contributed by atoms with Gasteiger partial charge < -0.3 is 9.84 Å². The van der Waals surface area contributed by atoms with Crippen LogP contribution in [0.4, 0.5) is 0 Å². The van der Waals surface area contributed by atoms with E-state index in [1.165, 1.54) is 5.56 Å². The van der Waals surface area contributed by atoms with Gasteiger partial charge in [-0.1, -0.05) is 24.3 Å². The molecule has 16 heavy (non-hydrogen) atoms. The van der Waals surface area contributed by atoms with Gasteiger partial charge in [-0.05, 0) is 24.8 Å². The van der Waals surface area contributed by atoms with Crippen LogP contribution in [0.3, 0.4) is 0 Å². The third kappa shape index (κ3) is 1.82. The largest absolute Gasteiger partial charge is 0.394 e. The molecule has 2 rings (SSSR count). The van der Waals surface area contributed by atoms with Gasteiger partial charge in [0.2, 0.25) is 0 Å². The van der Waals surface area contributed by atoms with E-state index in [-0.39, 0.29) is 13.2 Å². The van der Waals surface area contributed by atoms with E-state index in [0.29, 0.717) is 6.42 Å². The van der Waals surface area contributed by atoms with Gasteiger partial charge in [-0.15, -0.1) is 0 Å². The second kappa shape index (κ2) is 4.65. The first-order valence-electron chi connectivity index (χ1n) is 5.57. The summed E-state index contributed by atoms with van der Waals surface area (Å²) in [5.74, 6) is 0. The zero-order valence-electron chi connectivity index (χ0n) is 9.15. The lowest BCUT2D eigenvalue weighted by Crippen LogP contribution is -2.33. The Morgan fingerprint density at radius 2 is 2.25 bits per heavy atom. The molecule has 0 aromatic heterocycles. The summed E-state index contributed by atoms with van der Waals surface area (Å²) in [5.41, 5.74) is 1.31. The minimum atomic E-state index is -0.850. The number of ether oxygens (including phenoxy) is 1. The van der Waals surface area contributed by atoms with Crippen LogP contribution in [0, 0.1) is 11.3 Å². The van der Waals surface area contributed by atoms with E-state index < -0.39 is 5.60 Å². The highest BCUT2D eigenvalue weighted by Crippen LogP contribution is 2.37. The molecule has 0 amide bonds. The number of nitrogens with zero attached hydrogens (tertiary/aromatic N) is 1. The fourth-order valence-electron chi connectivity index (χ4n) is 2.31. The summed E-state index contributed by atoms with van der Waals surface area (Å²) in [6.07, 6.45) is 2.67. The van der Waals surface area contributed by atoms with Crippen molar-refractivity contribution in [2.75, 3.05) is 13.2 Å². The molecule has 0 aliphatic heterocycles. The number of aliphatic hydroxyl groups excluding tert-OH is 1. The van der Waals surface area contributed by atoms with Crippen molar-refractivity contribution in [3.05, 3.63) is 35.4 Å². The normalized spacial score (nSPS) is 23.5. The molecule has 0 bridgehead atoms. The lowest BCUT2D eigenvalue weighted by molar-refractivity contribution is -0.0337. The first kappa shape index (κ1) is 11.1. The van der Waals surface area contributed by atoms with Gasteiger partial charge in [0.15, 0.2) is 5.60 Å². The van der Waals surface area contributed by atoms with Crippen LogP contribution in [-0.2, 0) is 16.8 Å². The highest BCUT2D eigenvalue weighted by Gasteiger charge is 2.37. The van der Waals surface area contributed by atoms with Crippen molar-refractivity contribution in [3.63, 3.8) is 0 Å². The van der Waals surface area contributed by atoms with Gasteiger partial charge in [0.25, 0.3) is 0 Å². The van der Waals surface area contributed by atoms with Crippen molar-refractivity contribution in [2.45, 2.75) is 24.9 Å². The van der Waals surface area contributed by atoms with Crippen LogP contribution in [0.5, 0.6) is 0 Å². The van der Waals surface area contributed by atoms with Gasteiger partial charge in [0.05, 0.1) is 13.2 Å². The summed E-state index contributed by atoms with van der Waals surface area (Å²) in [5, 5.41) is 18.2. The molecule has 1 N–H and O–H groups in total. The van der Waals surface area contributed by atoms with E-state index in [1.54, 1.807) is 0 Å². The van der Waals surface area contributed by atoms with Gasteiger partial charge in [0.1, 0.15) is 6.07 Å². The van der Waals surface area contributed by atoms with Crippen LogP contribution in [0.15, 0.2) is 24.3 Å². The topological polar surface area (TPSA) is 53.2 Å². The molecule has 1 aliphatic carbocycles. The van der Waals surface area contributed by atoms with Crippen molar-refractivity contribution in [3.8, 4) is 6.07 Å². The third-order valence-electron chi connectivity index (χ3n) is 3.05. The second-order valence-electron chi connectivity index (χ2n) is 4.02. The molecular formula is C13H15NO2. The summed E-state index contributed by atoms with van der Waals surface area (Å²) >= 11 is 0. The molecule has 0 radical (unpaired) electrons. The van der Waals surface area contributed by atoms with E-state index >= 15 is 0 Å². The lowest BCUT2D eigenvalue weighted by atomic mass is 9.80. The van der Waals surface area contributed by atoms with Crippen molar-refractivity contribution in [2.24, 2.45) is 0 Å². The fourth-order valence-corrected chi connectivity index (χ4v) is 2.31. The summed E-state index contributed by atoms with van der Waals surface area (Å²) in [7, 11) is 0. The van der Waals surface area contributed by atoms with E-state index in [9.17, 15) is 5.26 Å². The molecule has 3 heteroatoms. The van der Waals surface area contributed by atoms with Crippen molar-refractivity contribution in [1.82, 2.24) is 0 Å². The quantitative estimate of drug-likeness (QED) is 0.839. The number of rotatable bonds is 3. The average Bonchev–Trinajstić information content (AvgIpc) is 2.36. The number of benzene rings is 1. The van der Waals surface area contributed by atoms with Gasteiger partial charge in [-0.2, -0.15) is 5.26 Å². The van der Waals surface area contributed by atoms with Crippen LogP contribution in [0.1, 0.15) is 24.0 Å². The lowest BCUT2D eigenvalue weighted by Gasteiger charge is -2.33. The number of fused-ring (bicyclic) bond motifs is 1. The molecule has 1 unspecified atom stereocenters. The van der Waals surface area contributed by atoms with E-state index in [1.807, 2.05) is 24.3 Å². The predicted octanol–water partition coefficient (Wildman–Crippen LogP) is 1.75. The molecule has 1 atom stereocenters. The highest BCUT2D eigenvalue weighted by atomic mass is 16.5. The van der Waals surface area contributed by atoms with Crippen molar-refractivity contribution >= 4 is 0 Å². The zero-order chi connectivity index (χ0) is 11.4. The van der Waals surface area contributed by atoms with E-state index in [2.05, 4.69) is 6.07 Å². The highest BCUT2D eigenvalue weighted by molar-refractivity contribution is 5.39. The predicted molar refractivity (Wildman–Crippen MR) is 59.7 cm³/mol. The number of aliphatic hydroxyl groups is 1. The standard InChI is InChI=1S/C13H15NO2/c14-10-13(16-9-8-15)7-3-5-11-4-1-2-6-12(11)13/h1-2,4,6,15H,3,5,7-9H2. The van der Waals surface area contributed by atoms with Crippen LogP contribution >= 0.6 is 0 Å². The second-order valence-corrected chi connectivity index (χ2v) is 4.02. The van der Waals surface area contributed by atoms with Crippen molar-refractivity contribution < 1.29 is 9.84 Å². The summed E-state index contributed by atoms with van der Waals surface area (Å²) in [6.45, 7) is 0.160. The molecule has 0 saturated heterocycles. The van der Waals surface area contributed by atoms with Gasteiger partial charge >= 0.3 is 0 Å². The SMILES string of the molecule is N#CC1(OCCO)CCCc2ccccc21. The first-order chi connectivity index (χ1) is 7.82. The Morgan fingerprint density at radius 1 is 1.44 bits per heavy atom. The smallest absolute Gasteiger partial charge is 0.179 e. The van der Waals surface area contributed by atoms with Crippen LogP contribution in [0.25, 0.3) is 0 Å². The number of hydrogen-bond acceptors (Lipinski definition) is 3. The summed E-state index contributed by atoms with van der Waals surface area (Å²) in [4.78, 5) is 0. The minimum absolute atomic E-state index is 0.0500. The first-order valence-corrected chi connectivity index (χ1v) is 5.57. The molecule has 0 fully saturated rings. The maximum Gasteiger partial charge on any atom is 0.179 e. The van der Waals surface area contributed by atoms with Crippen molar-refractivity contribution in [1.29, 1.82) is 5.26 Å². The molecule has 0 saturated carbocycles. The Labute approximate surface area is 95.3 Å². The van der Waals surface area contributed by atoms with Gasteiger partial charge in [-0.25, -0.2) is 0 Å². The van der Waals surface area contributed by atoms with Crippen LogP contribution < -0.4 is 0 Å². The Morgan fingerprint density at radius 3 is 3.00 bits per heavy atom. The third-order valence-corrected chi connectivity index (χ3v) is 3.05. The Kier molecular flexibility index (Phi) is 3.23. The Balaban J connectivity index is 2.38. The summed E-state index contributed by atoms with van der Waals surface area (Å²) < 4.78 is 5.58. The maximum absolute atomic E-state index is 9.36. The summed E-state index contributed by atoms with van der Waals surface area (Å²) in [6, 6.07) is 10.2. The van der Waals surface area contributed by atoms with Crippen LogP contribution in [-0.4, -0.2) is 18.3 Å². The number of nitriles is 1. The number of hydrogen-bond donors (Lipinski definition) is 1. The Hall–Kier alpha value is -1.37. The molecule has 0 spiro atoms. The average molecular weight is 217 g/mol. The van der Waals surface area contributed by atoms with Crippen LogP contribution in [0.2, 0.25) is 0 Å². The molecule has 0 heterocycles. The zero-order valence-corrected chi connectivity index (χ0v) is 9.15.